The molecule has 0 N–H and O–H groups in total. The van der Waals surface area contributed by atoms with Crippen LogP contribution in [-0.2, 0) is 24.2 Å². The van der Waals surface area contributed by atoms with Crippen LogP contribution in [0, 0.1) is 6.92 Å². The first-order chi connectivity index (χ1) is 15.6. The molecule has 1 amide bonds. The number of rotatable bonds is 11. The number of fused-ring (bicyclic) bond motifs is 1. The molecule has 172 valence electrons. The lowest BCUT2D eigenvalue weighted by Crippen LogP contribution is -2.34. The number of oxazole rings is 1. The predicted molar refractivity (Wildman–Crippen MR) is 129 cm³/mol. The van der Waals surface area contributed by atoms with Crippen molar-refractivity contribution < 1.29 is 13.9 Å². The fourth-order valence-electron chi connectivity index (χ4n) is 3.79. The standard InChI is InChI=1S/C27H36N2O3/c1-4-6-8-10-12-27(30)29-17-15-22-13-14-24(19-23(22)20-29)31-18-16-25-21(3)32-26(28-25)11-9-7-5-2/h9-14,19H,4-8,15-18,20H2,1-3H3. The van der Waals surface area contributed by atoms with Crippen molar-refractivity contribution in [3.8, 4) is 5.75 Å². The minimum Gasteiger partial charge on any atom is -0.493 e. The Morgan fingerprint density at radius 3 is 2.88 bits per heavy atom. The minimum absolute atomic E-state index is 0.100. The predicted octanol–water partition coefficient (Wildman–Crippen LogP) is 6.05. The number of benzene rings is 1. The zero-order chi connectivity index (χ0) is 22.8. The van der Waals surface area contributed by atoms with Gasteiger partial charge in [0, 0.05) is 19.5 Å². The van der Waals surface area contributed by atoms with Gasteiger partial charge >= 0.3 is 0 Å². The van der Waals surface area contributed by atoms with Crippen molar-refractivity contribution in [2.24, 2.45) is 0 Å². The Morgan fingerprint density at radius 2 is 2.06 bits per heavy atom. The van der Waals surface area contributed by atoms with Crippen LogP contribution in [0.15, 0.2) is 40.8 Å². The van der Waals surface area contributed by atoms with Gasteiger partial charge in [0.15, 0.2) is 0 Å². The third-order valence-electron chi connectivity index (χ3n) is 5.72. The molecule has 0 spiro atoms. The number of allylic oxidation sites excluding steroid dienone is 2. The number of amides is 1. The molecule has 0 bridgehead atoms. The summed E-state index contributed by atoms with van der Waals surface area (Å²) in [7, 11) is 0. The Bertz CT molecular complexity index is 942. The summed E-state index contributed by atoms with van der Waals surface area (Å²) in [5, 5.41) is 0. The Balaban J connectivity index is 1.53. The Morgan fingerprint density at radius 1 is 1.19 bits per heavy atom. The lowest BCUT2D eigenvalue weighted by Gasteiger charge is -2.28. The van der Waals surface area contributed by atoms with Crippen LogP contribution in [0.3, 0.4) is 0 Å². The molecule has 2 heterocycles. The summed E-state index contributed by atoms with van der Waals surface area (Å²) in [6.45, 7) is 8.19. The highest BCUT2D eigenvalue weighted by Crippen LogP contribution is 2.24. The summed E-state index contributed by atoms with van der Waals surface area (Å²) in [6, 6.07) is 6.22. The largest absolute Gasteiger partial charge is 0.493 e. The molecule has 0 saturated heterocycles. The van der Waals surface area contributed by atoms with E-state index in [1.54, 1.807) is 6.08 Å². The Labute approximate surface area is 192 Å². The highest BCUT2D eigenvalue weighted by molar-refractivity contribution is 5.87. The second-order valence-corrected chi connectivity index (χ2v) is 8.33. The summed E-state index contributed by atoms with van der Waals surface area (Å²) in [5.74, 6) is 2.44. The normalized spacial score (nSPS) is 13.8. The van der Waals surface area contributed by atoms with Gasteiger partial charge in [-0.25, -0.2) is 4.98 Å². The van der Waals surface area contributed by atoms with Crippen LogP contribution < -0.4 is 4.74 Å². The molecule has 1 aromatic heterocycles. The van der Waals surface area contributed by atoms with Crippen LogP contribution in [0.5, 0.6) is 5.75 Å². The van der Waals surface area contributed by atoms with Gasteiger partial charge in [0.25, 0.3) is 0 Å². The van der Waals surface area contributed by atoms with Crippen LogP contribution in [0.25, 0.3) is 6.08 Å². The maximum atomic E-state index is 12.5. The maximum Gasteiger partial charge on any atom is 0.246 e. The topological polar surface area (TPSA) is 55.6 Å². The number of hydrogen-bond donors (Lipinski definition) is 0. The molecular weight excluding hydrogens is 400 g/mol. The van der Waals surface area contributed by atoms with Crippen molar-refractivity contribution in [1.29, 1.82) is 0 Å². The molecule has 5 nitrogen and oxygen atoms in total. The van der Waals surface area contributed by atoms with Crippen molar-refractivity contribution in [2.75, 3.05) is 13.2 Å². The third kappa shape index (κ3) is 6.84. The molecule has 1 aliphatic heterocycles. The smallest absolute Gasteiger partial charge is 0.246 e. The molecule has 0 saturated carbocycles. The van der Waals surface area contributed by atoms with E-state index in [9.17, 15) is 4.79 Å². The van der Waals surface area contributed by atoms with Gasteiger partial charge in [-0.1, -0.05) is 51.3 Å². The van der Waals surface area contributed by atoms with Gasteiger partial charge in [-0.15, -0.1) is 0 Å². The molecule has 32 heavy (non-hydrogen) atoms. The molecule has 2 aromatic rings. The molecule has 3 rings (SSSR count). The maximum absolute atomic E-state index is 12.5. The van der Waals surface area contributed by atoms with E-state index in [1.807, 2.05) is 30.0 Å². The molecular formula is C27H36N2O3. The summed E-state index contributed by atoms with van der Waals surface area (Å²) < 4.78 is 11.7. The molecule has 1 aromatic carbocycles. The van der Waals surface area contributed by atoms with Gasteiger partial charge in [0.2, 0.25) is 11.8 Å². The van der Waals surface area contributed by atoms with E-state index in [4.69, 9.17) is 9.15 Å². The van der Waals surface area contributed by atoms with Crippen LogP contribution >= 0.6 is 0 Å². The summed E-state index contributed by atoms with van der Waals surface area (Å²) >= 11 is 0. The van der Waals surface area contributed by atoms with Crippen molar-refractivity contribution in [3.63, 3.8) is 0 Å². The number of hydrogen-bond acceptors (Lipinski definition) is 4. The second kappa shape index (κ2) is 12.3. The molecule has 0 fully saturated rings. The third-order valence-corrected chi connectivity index (χ3v) is 5.72. The SMILES string of the molecule is CCCC=Cc1nc(CCOc2ccc3c(c2)CN(C(=O)C=CCCCC)CC3)c(C)o1. The van der Waals surface area contributed by atoms with Gasteiger partial charge in [-0.3, -0.25) is 4.79 Å². The number of aromatic nitrogens is 1. The fourth-order valence-corrected chi connectivity index (χ4v) is 3.79. The lowest BCUT2D eigenvalue weighted by molar-refractivity contribution is -0.126. The van der Waals surface area contributed by atoms with Crippen LogP contribution in [0.4, 0.5) is 0 Å². The molecule has 0 aliphatic carbocycles. The zero-order valence-corrected chi connectivity index (χ0v) is 19.7. The van der Waals surface area contributed by atoms with Crippen LogP contribution in [0.1, 0.15) is 74.4 Å². The highest BCUT2D eigenvalue weighted by atomic mass is 16.5. The second-order valence-electron chi connectivity index (χ2n) is 8.33. The van der Waals surface area contributed by atoms with Crippen LogP contribution in [-0.4, -0.2) is 28.9 Å². The van der Waals surface area contributed by atoms with E-state index in [0.717, 1.165) is 62.3 Å². The van der Waals surface area contributed by atoms with Crippen molar-refractivity contribution in [2.45, 2.75) is 72.3 Å². The summed E-state index contributed by atoms with van der Waals surface area (Å²) in [4.78, 5) is 19.0. The fraction of sp³-hybridized carbons (Fsp3) is 0.481. The van der Waals surface area contributed by atoms with Gasteiger partial charge in [0.05, 0.1) is 12.3 Å². The molecule has 1 aliphatic rings. The first-order valence-corrected chi connectivity index (χ1v) is 11.9. The number of unbranched alkanes of at least 4 members (excludes halogenated alkanes) is 3. The summed E-state index contributed by atoms with van der Waals surface area (Å²) in [5.41, 5.74) is 3.41. The van der Waals surface area contributed by atoms with Crippen LogP contribution in [0.2, 0.25) is 0 Å². The average molecular weight is 437 g/mol. The number of carbonyl (C=O) groups is 1. The van der Waals surface area contributed by atoms with E-state index in [0.29, 0.717) is 25.5 Å². The number of carbonyl (C=O) groups excluding carboxylic acids is 1. The van der Waals surface area contributed by atoms with Gasteiger partial charge in [-0.05, 0) is 61.6 Å². The average Bonchev–Trinajstić information content (AvgIpc) is 3.15. The van der Waals surface area contributed by atoms with Crippen molar-refractivity contribution in [1.82, 2.24) is 9.88 Å². The first kappa shape index (κ1) is 23.8. The van der Waals surface area contributed by atoms with Crippen molar-refractivity contribution >= 4 is 12.0 Å². The minimum atomic E-state index is 0.100. The Kier molecular flexibility index (Phi) is 9.14. The van der Waals surface area contributed by atoms with Crippen molar-refractivity contribution in [3.05, 3.63) is 64.9 Å². The number of aryl methyl sites for hydroxylation is 1. The molecule has 0 unspecified atom stereocenters. The molecule has 0 radical (unpaired) electrons. The van der Waals surface area contributed by atoms with Gasteiger partial charge in [-0.2, -0.15) is 0 Å². The lowest BCUT2D eigenvalue weighted by atomic mass is 9.99. The highest BCUT2D eigenvalue weighted by Gasteiger charge is 2.19. The van der Waals surface area contributed by atoms with E-state index in [1.165, 1.54) is 11.1 Å². The summed E-state index contributed by atoms with van der Waals surface area (Å²) in [6.07, 6.45) is 14.7. The molecule has 0 atom stereocenters. The zero-order valence-electron chi connectivity index (χ0n) is 19.7. The number of ether oxygens (including phenoxy) is 1. The number of nitrogens with zero attached hydrogens (tertiary/aromatic N) is 2. The first-order valence-electron chi connectivity index (χ1n) is 11.9. The monoisotopic (exact) mass is 436 g/mol. The quantitative estimate of drug-likeness (QED) is 0.318. The Hall–Kier alpha value is -2.82. The van der Waals surface area contributed by atoms with E-state index >= 15 is 0 Å². The van der Waals surface area contributed by atoms with Gasteiger partial charge in [0.1, 0.15) is 11.5 Å². The van der Waals surface area contributed by atoms with E-state index < -0.39 is 0 Å². The van der Waals surface area contributed by atoms with Gasteiger partial charge < -0.3 is 14.1 Å². The van der Waals surface area contributed by atoms with E-state index in [-0.39, 0.29) is 5.91 Å². The molecule has 5 heteroatoms. The van der Waals surface area contributed by atoms with E-state index in [2.05, 4.69) is 37.0 Å².